The largest absolute Gasteiger partial charge is 0.481 e. The number of nitrogens with one attached hydrogen (secondary N) is 9. The molecule has 36 nitrogen and oxygen atoms in total. The molecule has 0 aliphatic carbocycles. The summed E-state index contributed by atoms with van der Waals surface area (Å²) in [4.78, 5) is 193. The van der Waals surface area contributed by atoms with Crippen molar-refractivity contribution in [2.45, 2.75) is 178 Å². The Morgan fingerprint density at radius 2 is 0.811 bits per heavy atom. The molecule has 11 atom stereocenters. The van der Waals surface area contributed by atoms with Crippen molar-refractivity contribution in [1.29, 1.82) is 0 Å². The van der Waals surface area contributed by atoms with E-state index in [1.165, 1.54) is 0 Å². The molecular formula is C54H89N19O17. The minimum absolute atomic E-state index is 0.0318. The lowest BCUT2D eigenvalue weighted by Gasteiger charge is -2.29. The summed E-state index contributed by atoms with van der Waals surface area (Å²) < 4.78 is 0. The maximum atomic E-state index is 14.4. The second-order valence-corrected chi connectivity index (χ2v) is 22.0. The summed E-state index contributed by atoms with van der Waals surface area (Å²) in [6, 6.07) is -8.73. The van der Waals surface area contributed by atoms with Gasteiger partial charge in [-0.25, -0.2) is 4.79 Å². The molecule has 0 unspecified atom stereocenters. The fourth-order valence-corrected chi connectivity index (χ4v) is 8.51. The average molecular weight is 1280 g/mol. The second-order valence-electron chi connectivity index (χ2n) is 22.0. The van der Waals surface area contributed by atoms with Crippen molar-refractivity contribution in [3.05, 3.63) is 35.9 Å². The van der Waals surface area contributed by atoms with Crippen molar-refractivity contribution >= 4 is 94.7 Å². The van der Waals surface area contributed by atoms with E-state index in [-0.39, 0.29) is 75.9 Å². The standard InChI is InChI=1S/C54H89N19O17/c1-25(2)19-29(55)43(80)68-36(24-41(78)79)50(87)70-34(21-28-11-7-6-8-12-28)48(85)65-31(14-10-18-64-54(61)62)45(82)71-35(22-39(57)76)49(86)66-30(13-9-17-63-53(59)60)44(81)69-33(20-26(3)4)47(84)67-32(15-16-38(56)75)46(83)73-42(27(5)74)51(88)72-37(52(89)90)23-40(58)77/h6-8,11-12,25-27,29-37,42,74H,9-10,13-24,55H2,1-5H3,(H2,56,75)(H2,57,76)(H2,58,77)(H,65,85)(H,66,86)(H,67,84)(H,68,80)(H,69,81)(H,70,87)(H,71,82)(H,72,88)(H,73,83)(H,78,79)(H,89,90)(H4,59,60,63)(H4,61,62,64)/t27-,29+,30+,31+,32+,33+,34+,35+,36+,37+,42+/m1/s1. The molecule has 0 saturated heterocycles. The van der Waals surface area contributed by atoms with Gasteiger partial charge in [-0.2, -0.15) is 0 Å². The number of benzene rings is 1. The van der Waals surface area contributed by atoms with Crippen LogP contribution in [0.15, 0.2) is 40.3 Å². The summed E-state index contributed by atoms with van der Waals surface area (Å²) in [5.74, 6) is -17.6. The third-order valence-corrected chi connectivity index (χ3v) is 12.9. The number of hydrogen-bond acceptors (Lipinski definition) is 18. The third-order valence-electron chi connectivity index (χ3n) is 12.9. The van der Waals surface area contributed by atoms with E-state index in [0.29, 0.717) is 5.56 Å². The summed E-state index contributed by atoms with van der Waals surface area (Å²) in [6.45, 7) is 7.67. The molecule has 1 aromatic rings. The number of aliphatic hydroxyl groups excluding tert-OH is 1. The second kappa shape index (κ2) is 39.9. The molecule has 502 valence electrons. The zero-order chi connectivity index (χ0) is 68.5. The molecule has 0 aliphatic rings. The topological polar surface area (TPSA) is 641 Å². The number of guanidine groups is 2. The monoisotopic (exact) mass is 1280 g/mol. The predicted molar refractivity (Wildman–Crippen MR) is 322 cm³/mol. The van der Waals surface area contributed by atoms with Crippen molar-refractivity contribution < 1.29 is 82.4 Å². The molecule has 0 aromatic heterocycles. The highest BCUT2D eigenvalue weighted by Gasteiger charge is 2.38. The Balaban J connectivity index is 3.79. The summed E-state index contributed by atoms with van der Waals surface area (Å²) in [7, 11) is 0. The number of hydrogen-bond donors (Lipinski definition) is 20. The van der Waals surface area contributed by atoms with Crippen LogP contribution in [0.5, 0.6) is 0 Å². The molecule has 28 N–H and O–H groups in total. The number of carbonyl (C=O) groups excluding carboxylic acids is 12. The highest BCUT2D eigenvalue weighted by molar-refractivity contribution is 6.00. The molecule has 0 bridgehead atoms. The zero-order valence-corrected chi connectivity index (χ0v) is 50.9. The average Bonchev–Trinajstić information content (AvgIpc) is 1.95. The van der Waals surface area contributed by atoms with Gasteiger partial charge >= 0.3 is 11.9 Å². The first-order valence-electron chi connectivity index (χ1n) is 28.6. The van der Waals surface area contributed by atoms with Gasteiger partial charge in [0.1, 0.15) is 54.4 Å². The van der Waals surface area contributed by atoms with Gasteiger partial charge in [-0.15, -0.1) is 0 Å². The van der Waals surface area contributed by atoms with E-state index in [1.54, 1.807) is 58.0 Å². The first-order valence-corrected chi connectivity index (χ1v) is 28.6. The maximum absolute atomic E-state index is 14.4. The molecular weight excluding hydrogens is 1190 g/mol. The molecule has 1 rings (SSSR count). The number of primary amides is 3. The number of aliphatic carboxylic acids is 2. The third kappa shape index (κ3) is 31.8. The minimum atomic E-state index is -1.93. The Kier molecular flexibility index (Phi) is 34.7. The SMILES string of the molecule is CC(C)C[C@H](NC(=O)[C@H](CCCN=C(N)N)NC(=O)[C@H](CC(N)=O)NC(=O)[C@H](CCCN=C(N)N)NC(=O)[C@H](Cc1ccccc1)NC(=O)[C@H](CC(=O)O)NC(=O)[C@@H](N)CC(C)C)C(=O)N[C@@H](CCC(N)=O)C(=O)N[C@H](C(=O)N[C@@H](CC(N)=O)C(=O)O)[C@@H](C)O. The number of nitrogens with zero attached hydrogens (tertiary/aromatic N) is 2. The molecule has 0 saturated carbocycles. The van der Waals surface area contributed by atoms with E-state index >= 15 is 0 Å². The lowest BCUT2D eigenvalue weighted by molar-refractivity contribution is -0.144. The van der Waals surface area contributed by atoms with Gasteiger partial charge < -0.3 is 109 Å². The van der Waals surface area contributed by atoms with Crippen LogP contribution in [0.3, 0.4) is 0 Å². The number of rotatable bonds is 43. The van der Waals surface area contributed by atoms with Crippen molar-refractivity contribution in [2.75, 3.05) is 13.1 Å². The summed E-state index contributed by atoms with van der Waals surface area (Å²) in [6.07, 6.45) is -6.51. The first-order chi connectivity index (χ1) is 42.0. The van der Waals surface area contributed by atoms with Crippen LogP contribution in [0.4, 0.5) is 0 Å². The Morgan fingerprint density at radius 1 is 0.433 bits per heavy atom. The van der Waals surface area contributed by atoms with Crippen molar-refractivity contribution in [1.82, 2.24) is 47.9 Å². The van der Waals surface area contributed by atoms with Crippen molar-refractivity contribution in [3.63, 3.8) is 0 Å². The van der Waals surface area contributed by atoms with Crippen LogP contribution in [-0.4, -0.2) is 190 Å². The van der Waals surface area contributed by atoms with E-state index in [2.05, 4.69) is 52.5 Å². The number of carboxylic acids is 2. The fourth-order valence-electron chi connectivity index (χ4n) is 8.51. The van der Waals surface area contributed by atoms with E-state index in [0.717, 1.165) is 6.92 Å². The van der Waals surface area contributed by atoms with Crippen LogP contribution >= 0.6 is 0 Å². The van der Waals surface area contributed by atoms with Gasteiger partial charge in [0.25, 0.3) is 0 Å². The van der Waals surface area contributed by atoms with Crippen LogP contribution in [0.25, 0.3) is 0 Å². The maximum Gasteiger partial charge on any atom is 0.326 e. The summed E-state index contributed by atoms with van der Waals surface area (Å²) in [5.41, 5.74) is 44.5. The highest BCUT2D eigenvalue weighted by atomic mass is 16.4. The van der Waals surface area contributed by atoms with Crippen molar-refractivity contribution in [2.24, 2.45) is 67.7 Å². The Bertz CT molecular complexity index is 2720. The van der Waals surface area contributed by atoms with E-state index in [9.17, 15) is 82.4 Å². The first kappa shape index (κ1) is 78.3. The lowest BCUT2D eigenvalue weighted by Crippen LogP contribution is -2.61. The molecule has 0 aliphatic heterocycles. The molecule has 90 heavy (non-hydrogen) atoms. The molecule has 36 heteroatoms. The number of nitrogens with two attached hydrogens (primary N) is 8. The van der Waals surface area contributed by atoms with Gasteiger partial charge in [0.05, 0.1) is 31.4 Å². The van der Waals surface area contributed by atoms with Gasteiger partial charge in [0.2, 0.25) is 70.9 Å². The smallest absolute Gasteiger partial charge is 0.326 e. The molecule has 1 aromatic carbocycles. The van der Waals surface area contributed by atoms with Crippen LogP contribution in [0.1, 0.15) is 111 Å². The predicted octanol–water partition coefficient (Wildman–Crippen LogP) is -7.92. The molecule has 0 radical (unpaired) electrons. The van der Waals surface area contributed by atoms with Gasteiger partial charge in [0, 0.05) is 25.9 Å². The lowest BCUT2D eigenvalue weighted by atomic mass is 10.0. The molecule has 0 heterocycles. The van der Waals surface area contributed by atoms with Crippen molar-refractivity contribution in [3.8, 4) is 0 Å². The van der Waals surface area contributed by atoms with E-state index < -0.39 is 187 Å². The fraction of sp³-hybridized carbons (Fsp3) is 0.593. The van der Waals surface area contributed by atoms with Gasteiger partial charge in [-0.1, -0.05) is 58.0 Å². The van der Waals surface area contributed by atoms with Crippen LogP contribution in [-0.2, 0) is 73.5 Å². The Morgan fingerprint density at radius 3 is 1.24 bits per heavy atom. The summed E-state index contributed by atoms with van der Waals surface area (Å²) >= 11 is 0. The summed E-state index contributed by atoms with van der Waals surface area (Å²) in [5, 5.41) is 50.8. The Hall–Kier alpha value is -9.74. The molecule has 0 fully saturated rings. The quantitative estimate of drug-likeness (QED) is 0.0164. The van der Waals surface area contributed by atoms with Crippen LogP contribution in [0, 0.1) is 11.8 Å². The number of aliphatic hydroxyl groups is 1. The number of carboxylic acid groups (broad SMARTS) is 2. The van der Waals surface area contributed by atoms with Crippen LogP contribution in [0.2, 0.25) is 0 Å². The number of amides is 12. The number of aliphatic imine (C=N–C) groups is 2. The van der Waals surface area contributed by atoms with Gasteiger partial charge in [-0.05, 0) is 69.3 Å². The normalized spacial score (nSPS) is 14.6. The van der Waals surface area contributed by atoms with Gasteiger partial charge in [-0.3, -0.25) is 72.3 Å². The van der Waals surface area contributed by atoms with E-state index in [4.69, 9.17) is 45.9 Å². The highest BCUT2D eigenvalue weighted by Crippen LogP contribution is 2.13. The zero-order valence-electron chi connectivity index (χ0n) is 50.9. The number of carbonyl (C=O) groups is 14. The van der Waals surface area contributed by atoms with Crippen LogP contribution < -0.4 is 93.7 Å². The minimum Gasteiger partial charge on any atom is -0.481 e. The van der Waals surface area contributed by atoms with Gasteiger partial charge in [0.15, 0.2) is 11.9 Å². The molecule has 12 amide bonds. The molecule has 0 spiro atoms. The Labute approximate surface area is 518 Å². The van der Waals surface area contributed by atoms with E-state index in [1.807, 2.05) is 5.32 Å².